The normalized spacial score (nSPS) is 11.6. The highest BCUT2D eigenvalue weighted by molar-refractivity contribution is 6.15. The third-order valence-electron chi connectivity index (χ3n) is 3.08. The maximum Gasteiger partial charge on any atom is 0.151 e. The van der Waals surface area contributed by atoms with Crippen molar-refractivity contribution in [2.24, 2.45) is 10.2 Å². The fourth-order valence-corrected chi connectivity index (χ4v) is 2.31. The smallest absolute Gasteiger partial charge is 0.151 e. The Balaban J connectivity index is 2.62. The molecule has 0 amide bonds. The average Bonchev–Trinajstić information content (AvgIpc) is 2.43. The Labute approximate surface area is 104 Å². The molecule has 3 aromatic carbocycles. The van der Waals surface area contributed by atoms with E-state index in [9.17, 15) is 5.11 Å². The van der Waals surface area contributed by atoms with E-state index in [1.807, 2.05) is 48.5 Å². The molecule has 0 saturated heterocycles. The second kappa shape index (κ2) is 4.11. The fraction of sp³-hybridized carbons (Fsp3) is 0.0667. The standard InChI is InChI=1S/C15H12N2O/c1-16-17-14-12-8-4-2-6-10(12)11-7-3-5-9-13(11)15(14)18/h2-9,18H,1H3. The van der Waals surface area contributed by atoms with E-state index in [1.165, 1.54) is 0 Å². The van der Waals surface area contributed by atoms with Gasteiger partial charge in [0.1, 0.15) is 5.69 Å². The molecule has 0 atom stereocenters. The number of fused-ring (bicyclic) bond motifs is 3. The van der Waals surface area contributed by atoms with Crippen molar-refractivity contribution in [3.63, 3.8) is 0 Å². The van der Waals surface area contributed by atoms with Gasteiger partial charge in [-0.2, -0.15) is 10.2 Å². The topological polar surface area (TPSA) is 45.0 Å². The maximum atomic E-state index is 10.3. The van der Waals surface area contributed by atoms with Crippen LogP contribution in [-0.4, -0.2) is 12.2 Å². The SMILES string of the molecule is CN=Nc1c(O)c2ccccc2c2ccccc12. The van der Waals surface area contributed by atoms with Crippen LogP contribution in [0.5, 0.6) is 5.75 Å². The van der Waals surface area contributed by atoms with Crippen LogP contribution in [0.3, 0.4) is 0 Å². The van der Waals surface area contributed by atoms with Crippen LogP contribution in [0.25, 0.3) is 21.5 Å². The number of hydrogen-bond donors (Lipinski definition) is 1. The zero-order chi connectivity index (χ0) is 12.5. The summed E-state index contributed by atoms with van der Waals surface area (Å²) >= 11 is 0. The quantitative estimate of drug-likeness (QED) is 0.493. The number of azo groups is 1. The van der Waals surface area contributed by atoms with Gasteiger partial charge in [0.2, 0.25) is 0 Å². The van der Waals surface area contributed by atoms with E-state index in [4.69, 9.17) is 0 Å². The van der Waals surface area contributed by atoms with Gasteiger partial charge in [-0.3, -0.25) is 0 Å². The molecule has 0 aliphatic rings. The molecule has 0 fully saturated rings. The van der Waals surface area contributed by atoms with Crippen LogP contribution in [0, 0.1) is 0 Å². The van der Waals surface area contributed by atoms with E-state index in [-0.39, 0.29) is 5.75 Å². The van der Waals surface area contributed by atoms with Crippen LogP contribution in [-0.2, 0) is 0 Å². The Morgan fingerprint density at radius 3 is 1.89 bits per heavy atom. The lowest BCUT2D eigenvalue weighted by Crippen LogP contribution is -1.80. The summed E-state index contributed by atoms with van der Waals surface area (Å²) in [7, 11) is 1.60. The lowest BCUT2D eigenvalue weighted by atomic mass is 9.99. The summed E-state index contributed by atoms with van der Waals surface area (Å²) in [5, 5.41) is 22.0. The summed E-state index contributed by atoms with van der Waals surface area (Å²) in [5.74, 6) is 0.190. The first kappa shape index (κ1) is 10.7. The van der Waals surface area contributed by atoms with Crippen molar-refractivity contribution in [2.75, 3.05) is 7.05 Å². The first-order chi connectivity index (χ1) is 8.83. The summed E-state index contributed by atoms with van der Waals surface area (Å²) in [5.41, 5.74) is 0.534. The molecule has 0 bridgehead atoms. The summed E-state index contributed by atoms with van der Waals surface area (Å²) in [4.78, 5) is 0. The minimum Gasteiger partial charge on any atom is -0.505 e. The van der Waals surface area contributed by atoms with E-state index in [0.29, 0.717) is 5.69 Å². The summed E-state index contributed by atoms with van der Waals surface area (Å²) in [6, 6.07) is 15.7. The highest BCUT2D eigenvalue weighted by atomic mass is 16.3. The van der Waals surface area contributed by atoms with Crippen LogP contribution in [0.1, 0.15) is 0 Å². The van der Waals surface area contributed by atoms with Gasteiger partial charge in [-0.1, -0.05) is 48.5 Å². The van der Waals surface area contributed by atoms with Crippen LogP contribution in [0.4, 0.5) is 5.69 Å². The maximum absolute atomic E-state index is 10.3. The van der Waals surface area contributed by atoms with E-state index in [0.717, 1.165) is 21.5 Å². The summed E-state index contributed by atoms with van der Waals surface area (Å²) in [6.45, 7) is 0. The van der Waals surface area contributed by atoms with Crippen LogP contribution < -0.4 is 0 Å². The van der Waals surface area contributed by atoms with Gasteiger partial charge in [0, 0.05) is 17.8 Å². The second-order valence-corrected chi connectivity index (χ2v) is 4.09. The summed E-state index contributed by atoms with van der Waals surface area (Å²) < 4.78 is 0. The van der Waals surface area contributed by atoms with Gasteiger partial charge in [0.05, 0.1) is 0 Å². The van der Waals surface area contributed by atoms with Gasteiger partial charge < -0.3 is 5.11 Å². The van der Waals surface area contributed by atoms with Gasteiger partial charge in [-0.15, -0.1) is 0 Å². The molecule has 1 N–H and O–H groups in total. The first-order valence-corrected chi connectivity index (χ1v) is 5.75. The average molecular weight is 236 g/mol. The Kier molecular flexibility index (Phi) is 2.45. The van der Waals surface area contributed by atoms with Gasteiger partial charge in [0.25, 0.3) is 0 Å². The predicted octanol–water partition coefficient (Wildman–Crippen LogP) is 4.41. The number of nitrogens with zero attached hydrogens (tertiary/aromatic N) is 2. The van der Waals surface area contributed by atoms with Crippen molar-refractivity contribution in [2.45, 2.75) is 0 Å². The molecular formula is C15H12N2O. The Hall–Kier alpha value is -2.42. The second-order valence-electron chi connectivity index (χ2n) is 4.09. The van der Waals surface area contributed by atoms with Crippen molar-refractivity contribution < 1.29 is 5.11 Å². The predicted molar refractivity (Wildman–Crippen MR) is 73.6 cm³/mol. The van der Waals surface area contributed by atoms with Crippen molar-refractivity contribution >= 4 is 27.2 Å². The highest BCUT2D eigenvalue weighted by Gasteiger charge is 2.12. The minimum atomic E-state index is 0.190. The van der Waals surface area contributed by atoms with Gasteiger partial charge >= 0.3 is 0 Å². The third kappa shape index (κ3) is 1.44. The molecule has 3 heteroatoms. The molecule has 0 aliphatic carbocycles. The molecule has 88 valence electrons. The van der Waals surface area contributed by atoms with Crippen LogP contribution in [0.15, 0.2) is 58.8 Å². The van der Waals surface area contributed by atoms with Crippen LogP contribution in [0.2, 0.25) is 0 Å². The number of hydrogen-bond acceptors (Lipinski definition) is 3. The molecule has 0 radical (unpaired) electrons. The Morgan fingerprint density at radius 2 is 1.28 bits per heavy atom. The van der Waals surface area contributed by atoms with Crippen LogP contribution >= 0.6 is 0 Å². The fourth-order valence-electron chi connectivity index (χ4n) is 2.31. The number of benzene rings is 3. The molecule has 0 unspecified atom stereocenters. The molecule has 3 aromatic rings. The van der Waals surface area contributed by atoms with Gasteiger partial charge in [-0.25, -0.2) is 0 Å². The summed E-state index contributed by atoms with van der Waals surface area (Å²) in [6.07, 6.45) is 0. The molecule has 0 aromatic heterocycles. The molecule has 18 heavy (non-hydrogen) atoms. The minimum absolute atomic E-state index is 0.190. The third-order valence-corrected chi connectivity index (χ3v) is 3.08. The number of rotatable bonds is 1. The Bertz CT molecular complexity index is 763. The molecule has 3 rings (SSSR count). The monoisotopic (exact) mass is 236 g/mol. The number of phenolic OH excluding ortho intramolecular Hbond substituents is 1. The lowest BCUT2D eigenvalue weighted by Gasteiger charge is -2.09. The highest BCUT2D eigenvalue weighted by Crippen LogP contribution is 2.42. The molecule has 0 saturated carbocycles. The van der Waals surface area contributed by atoms with E-state index in [1.54, 1.807) is 7.05 Å². The molecule has 0 spiro atoms. The number of phenols is 1. The largest absolute Gasteiger partial charge is 0.505 e. The van der Waals surface area contributed by atoms with Crippen molar-refractivity contribution in [3.8, 4) is 5.75 Å². The zero-order valence-corrected chi connectivity index (χ0v) is 9.96. The van der Waals surface area contributed by atoms with Crippen molar-refractivity contribution in [3.05, 3.63) is 48.5 Å². The molecular weight excluding hydrogens is 224 g/mol. The van der Waals surface area contributed by atoms with E-state index < -0.39 is 0 Å². The number of aromatic hydroxyl groups is 1. The van der Waals surface area contributed by atoms with Gasteiger partial charge in [0.15, 0.2) is 5.75 Å². The van der Waals surface area contributed by atoms with E-state index in [2.05, 4.69) is 10.2 Å². The molecule has 0 heterocycles. The van der Waals surface area contributed by atoms with Gasteiger partial charge in [-0.05, 0) is 10.8 Å². The van der Waals surface area contributed by atoms with E-state index >= 15 is 0 Å². The molecule has 3 nitrogen and oxygen atoms in total. The zero-order valence-electron chi connectivity index (χ0n) is 9.96. The Morgan fingerprint density at radius 1 is 0.778 bits per heavy atom. The lowest BCUT2D eigenvalue weighted by molar-refractivity contribution is 0.483. The molecule has 0 aliphatic heterocycles. The van der Waals surface area contributed by atoms with Crippen molar-refractivity contribution in [1.29, 1.82) is 0 Å². The first-order valence-electron chi connectivity index (χ1n) is 5.75. The van der Waals surface area contributed by atoms with Crippen molar-refractivity contribution in [1.82, 2.24) is 0 Å².